The van der Waals surface area contributed by atoms with Crippen LogP contribution in [0.2, 0.25) is 0 Å². The summed E-state index contributed by atoms with van der Waals surface area (Å²) in [7, 11) is 0. The average molecular weight is 187 g/mol. The SMILES string of the molecule is c1ccc2c(c1)OCCC2[C]1CCC1. The Morgan fingerprint density at radius 1 is 1.14 bits per heavy atom. The molecule has 0 spiro atoms. The Labute approximate surface area is 85.1 Å². The summed E-state index contributed by atoms with van der Waals surface area (Å²) in [5, 5.41) is 0. The molecule has 1 aromatic rings. The number of hydrogen-bond donors (Lipinski definition) is 0. The predicted octanol–water partition coefficient (Wildman–Crippen LogP) is 3.31. The van der Waals surface area contributed by atoms with Crippen molar-refractivity contribution in [2.75, 3.05) is 6.61 Å². The molecule has 3 rings (SSSR count). The number of hydrogen-bond acceptors (Lipinski definition) is 1. The van der Waals surface area contributed by atoms with Gasteiger partial charge in [0.25, 0.3) is 0 Å². The monoisotopic (exact) mass is 187 g/mol. The maximum Gasteiger partial charge on any atom is 0.122 e. The molecule has 0 N–H and O–H groups in total. The summed E-state index contributed by atoms with van der Waals surface area (Å²) in [6.07, 6.45) is 5.28. The number of fused-ring (bicyclic) bond motifs is 1. The van der Waals surface area contributed by atoms with Gasteiger partial charge >= 0.3 is 0 Å². The van der Waals surface area contributed by atoms with Crippen LogP contribution in [0.15, 0.2) is 24.3 Å². The number of para-hydroxylation sites is 1. The maximum atomic E-state index is 5.66. The summed E-state index contributed by atoms with van der Waals surface area (Å²) in [5.41, 5.74) is 1.42. The second-order valence-corrected chi connectivity index (χ2v) is 4.24. The van der Waals surface area contributed by atoms with Crippen LogP contribution in [0.3, 0.4) is 0 Å². The van der Waals surface area contributed by atoms with Crippen molar-refractivity contribution in [3.63, 3.8) is 0 Å². The van der Waals surface area contributed by atoms with E-state index in [1.807, 2.05) is 0 Å². The third-order valence-corrected chi connectivity index (χ3v) is 3.45. The normalized spacial score (nSPS) is 26.1. The van der Waals surface area contributed by atoms with E-state index >= 15 is 0 Å². The van der Waals surface area contributed by atoms with E-state index in [0.717, 1.165) is 12.4 Å². The standard InChI is InChI=1S/C13H15O/c1-2-7-13-12(6-1)11(8-9-14-13)10-4-3-5-10/h1-2,6-7,11H,3-5,8-9H2. The van der Waals surface area contributed by atoms with Gasteiger partial charge in [-0.3, -0.25) is 0 Å². The lowest BCUT2D eigenvalue weighted by Crippen LogP contribution is -2.24. The lowest BCUT2D eigenvalue weighted by atomic mass is 9.71. The molecule has 1 nitrogen and oxygen atoms in total. The molecule has 1 unspecified atom stereocenters. The van der Waals surface area contributed by atoms with Gasteiger partial charge in [-0.15, -0.1) is 0 Å². The number of benzene rings is 1. The highest BCUT2D eigenvalue weighted by molar-refractivity contribution is 5.41. The molecule has 1 aromatic carbocycles. The van der Waals surface area contributed by atoms with Gasteiger partial charge in [-0.2, -0.15) is 0 Å². The quantitative estimate of drug-likeness (QED) is 0.655. The minimum atomic E-state index is 0.702. The highest BCUT2D eigenvalue weighted by Crippen LogP contribution is 2.47. The molecule has 1 aliphatic carbocycles. The summed E-state index contributed by atoms with van der Waals surface area (Å²) in [6, 6.07) is 8.51. The van der Waals surface area contributed by atoms with Crippen LogP contribution in [-0.2, 0) is 0 Å². The number of ether oxygens (including phenoxy) is 1. The Morgan fingerprint density at radius 2 is 2.00 bits per heavy atom. The van der Waals surface area contributed by atoms with Gasteiger partial charge in [-0.05, 0) is 42.7 Å². The zero-order valence-corrected chi connectivity index (χ0v) is 8.33. The molecule has 1 atom stereocenters. The second kappa shape index (κ2) is 3.30. The minimum absolute atomic E-state index is 0.702. The third kappa shape index (κ3) is 1.23. The average Bonchev–Trinajstić information content (AvgIpc) is 2.16. The summed E-state index contributed by atoms with van der Waals surface area (Å²) >= 11 is 0. The van der Waals surface area contributed by atoms with Crippen molar-refractivity contribution in [1.82, 2.24) is 0 Å². The van der Waals surface area contributed by atoms with E-state index in [2.05, 4.69) is 24.3 Å². The van der Waals surface area contributed by atoms with Gasteiger partial charge in [0.2, 0.25) is 0 Å². The summed E-state index contributed by atoms with van der Waals surface area (Å²) in [6.45, 7) is 0.894. The van der Waals surface area contributed by atoms with Crippen LogP contribution in [0.1, 0.15) is 37.2 Å². The van der Waals surface area contributed by atoms with Crippen LogP contribution >= 0.6 is 0 Å². The molecule has 73 valence electrons. The molecular formula is C13H15O. The van der Waals surface area contributed by atoms with E-state index in [1.54, 1.807) is 5.92 Å². The molecule has 1 fully saturated rings. The van der Waals surface area contributed by atoms with Gasteiger partial charge in [0, 0.05) is 0 Å². The van der Waals surface area contributed by atoms with Crippen LogP contribution < -0.4 is 4.74 Å². The van der Waals surface area contributed by atoms with Crippen LogP contribution in [0.4, 0.5) is 0 Å². The van der Waals surface area contributed by atoms with Crippen LogP contribution in [0.25, 0.3) is 0 Å². The molecule has 0 saturated heterocycles. The predicted molar refractivity (Wildman–Crippen MR) is 56.4 cm³/mol. The van der Waals surface area contributed by atoms with Crippen molar-refractivity contribution in [2.45, 2.75) is 31.6 Å². The van der Waals surface area contributed by atoms with Crippen molar-refractivity contribution in [3.8, 4) is 5.75 Å². The molecule has 1 aliphatic heterocycles. The maximum absolute atomic E-state index is 5.66. The van der Waals surface area contributed by atoms with Crippen molar-refractivity contribution in [2.24, 2.45) is 0 Å². The van der Waals surface area contributed by atoms with Gasteiger partial charge in [0.1, 0.15) is 5.75 Å². The topological polar surface area (TPSA) is 9.23 Å². The van der Waals surface area contributed by atoms with E-state index in [4.69, 9.17) is 4.74 Å². The highest BCUT2D eigenvalue weighted by Gasteiger charge is 2.32. The third-order valence-electron chi connectivity index (χ3n) is 3.45. The van der Waals surface area contributed by atoms with Crippen molar-refractivity contribution < 1.29 is 4.74 Å². The smallest absolute Gasteiger partial charge is 0.122 e. The fourth-order valence-electron chi connectivity index (χ4n) is 2.50. The van der Waals surface area contributed by atoms with E-state index < -0.39 is 0 Å². The van der Waals surface area contributed by atoms with E-state index in [-0.39, 0.29) is 0 Å². The zero-order valence-electron chi connectivity index (χ0n) is 8.33. The lowest BCUT2D eigenvalue weighted by Gasteiger charge is -2.36. The van der Waals surface area contributed by atoms with Gasteiger partial charge in [-0.25, -0.2) is 0 Å². The minimum Gasteiger partial charge on any atom is -0.493 e. The Balaban J connectivity index is 1.93. The van der Waals surface area contributed by atoms with Crippen molar-refractivity contribution >= 4 is 0 Å². The summed E-state index contributed by atoms with van der Waals surface area (Å²) in [5.74, 6) is 3.57. The van der Waals surface area contributed by atoms with Gasteiger partial charge < -0.3 is 4.74 Å². The summed E-state index contributed by atoms with van der Waals surface area (Å²) in [4.78, 5) is 0. The second-order valence-electron chi connectivity index (χ2n) is 4.24. The Morgan fingerprint density at radius 3 is 2.79 bits per heavy atom. The van der Waals surface area contributed by atoms with E-state index in [0.29, 0.717) is 5.92 Å². The molecule has 0 aromatic heterocycles. The Hall–Kier alpha value is -0.980. The molecule has 2 aliphatic rings. The first-order valence-electron chi connectivity index (χ1n) is 5.51. The molecule has 1 heteroatoms. The number of rotatable bonds is 1. The van der Waals surface area contributed by atoms with E-state index in [1.165, 1.54) is 31.2 Å². The first-order valence-corrected chi connectivity index (χ1v) is 5.51. The molecule has 0 amide bonds. The Bertz CT molecular complexity index is 328. The Kier molecular flexibility index (Phi) is 1.97. The van der Waals surface area contributed by atoms with Crippen molar-refractivity contribution in [1.29, 1.82) is 0 Å². The summed E-state index contributed by atoms with van der Waals surface area (Å²) < 4.78 is 5.66. The van der Waals surface area contributed by atoms with Crippen LogP contribution in [0, 0.1) is 5.92 Å². The van der Waals surface area contributed by atoms with Gasteiger partial charge in [0.05, 0.1) is 6.61 Å². The fourth-order valence-corrected chi connectivity index (χ4v) is 2.50. The van der Waals surface area contributed by atoms with Gasteiger partial charge in [-0.1, -0.05) is 24.6 Å². The first-order chi connectivity index (χ1) is 6.95. The molecule has 14 heavy (non-hydrogen) atoms. The van der Waals surface area contributed by atoms with Crippen LogP contribution in [-0.4, -0.2) is 6.61 Å². The van der Waals surface area contributed by atoms with E-state index in [9.17, 15) is 0 Å². The molecule has 0 bridgehead atoms. The molecule has 1 heterocycles. The zero-order chi connectivity index (χ0) is 9.38. The fraction of sp³-hybridized carbons (Fsp3) is 0.462. The van der Waals surface area contributed by atoms with Crippen molar-refractivity contribution in [3.05, 3.63) is 35.7 Å². The molecule has 1 radical (unpaired) electrons. The molecular weight excluding hydrogens is 172 g/mol. The van der Waals surface area contributed by atoms with Gasteiger partial charge in [0.15, 0.2) is 0 Å². The largest absolute Gasteiger partial charge is 0.493 e. The highest BCUT2D eigenvalue weighted by atomic mass is 16.5. The molecule has 1 saturated carbocycles. The lowest BCUT2D eigenvalue weighted by molar-refractivity contribution is 0.257. The first kappa shape index (κ1) is 8.34. The van der Waals surface area contributed by atoms with Crippen LogP contribution in [0.5, 0.6) is 5.75 Å².